The van der Waals surface area contributed by atoms with Crippen molar-refractivity contribution in [3.63, 3.8) is 0 Å². The first-order valence-electron chi connectivity index (χ1n) is 7.61. The van der Waals surface area contributed by atoms with Gasteiger partial charge in [0.15, 0.2) is 0 Å². The van der Waals surface area contributed by atoms with Crippen molar-refractivity contribution in [2.24, 2.45) is 0 Å². The van der Waals surface area contributed by atoms with E-state index in [9.17, 15) is 9.90 Å². The molecule has 1 aromatic heterocycles. The minimum absolute atomic E-state index is 0.218. The molecule has 0 aliphatic heterocycles. The Hall–Kier alpha value is -1.62. The molecule has 0 amide bonds. The van der Waals surface area contributed by atoms with Gasteiger partial charge >= 0.3 is 5.97 Å². The number of carbonyl (C=O) groups is 1. The van der Waals surface area contributed by atoms with E-state index in [0.717, 1.165) is 43.6 Å². The van der Waals surface area contributed by atoms with Crippen LogP contribution in [0, 0.1) is 0 Å². The maximum atomic E-state index is 11.6. The van der Waals surface area contributed by atoms with Crippen LogP contribution in [0.2, 0.25) is 0 Å². The highest BCUT2D eigenvalue weighted by molar-refractivity contribution is 5.93. The van der Waals surface area contributed by atoms with Crippen molar-refractivity contribution >= 4 is 11.8 Å². The smallest absolute Gasteiger partial charge is 0.339 e. The molecule has 0 aromatic carbocycles. The van der Waals surface area contributed by atoms with Crippen LogP contribution in [0.3, 0.4) is 0 Å². The van der Waals surface area contributed by atoms with E-state index >= 15 is 0 Å². The summed E-state index contributed by atoms with van der Waals surface area (Å²) in [5, 5.41) is 9.53. The first-order chi connectivity index (χ1) is 9.93. The van der Waals surface area contributed by atoms with Crippen molar-refractivity contribution in [1.82, 2.24) is 9.88 Å². The van der Waals surface area contributed by atoms with Crippen LogP contribution in [0.1, 0.15) is 41.9 Å². The molecule has 5 heteroatoms. The highest BCUT2D eigenvalue weighted by Gasteiger charge is 2.25. The molecule has 1 atom stereocenters. The number of aromatic nitrogens is 1. The molecule has 2 rings (SSSR count). The number of pyridine rings is 1. The first kappa shape index (κ1) is 15.8. The monoisotopic (exact) mass is 291 g/mol. The lowest BCUT2D eigenvalue weighted by Crippen LogP contribution is -2.41. The summed E-state index contributed by atoms with van der Waals surface area (Å²) in [6.45, 7) is 5.78. The molecule has 0 bridgehead atoms. The van der Waals surface area contributed by atoms with Gasteiger partial charge in [-0.25, -0.2) is 9.78 Å². The normalized spacial score (nSPS) is 15.1. The van der Waals surface area contributed by atoms with Gasteiger partial charge in [-0.2, -0.15) is 0 Å². The third kappa shape index (κ3) is 3.35. The second-order valence-electron chi connectivity index (χ2n) is 6.02. The Morgan fingerprint density at radius 1 is 1.43 bits per heavy atom. The van der Waals surface area contributed by atoms with Crippen molar-refractivity contribution in [2.75, 3.05) is 32.1 Å². The lowest BCUT2D eigenvalue weighted by Gasteiger charge is -2.32. The van der Waals surface area contributed by atoms with Gasteiger partial charge < -0.3 is 14.9 Å². The van der Waals surface area contributed by atoms with Gasteiger partial charge in [-0.05, 0) is 58.8 Å². The van der Waals surface area contributed by atoms with Gasteiger partial charge in [0.05, 0.1) is 0 Å². The predicted molar refractivity (Wildman–Crippen MR) is 84.3 cm³/mol. The summed E-state index contributed by atoms with van der Waals surface area (Å²) in [5.41, 5.74) is 2.51. The van der Waals surface area contributed by atoms with Crippen LogP contribution in [0.4, 0.5) is 5.82 Å². The Morgan fingerprint density at radius 2 is 2.14 bits per heavy atom. The number of carboxylic acids is 1. The zero-order valence-electron chi connectivity index (χ0n) is 13.4. The van der Waals surface area contributed by atoms with Gasteiger partial charge in [0, 0.05) is 24.8 Å². The van der Waals surface area contributed by atoms with Crippen LogP contribution in [-0.2, 0) is 12.8 Å². The van der Waals surface area contributed by atoms with E-state index in [-0.39, 0.29) is 6.04 Å². The summed E-state index contributed by atoms with van der Waals surface area (Å²) >= 11 is 0. The van der Waals surface area contributed by atoms with Crippen LogP contribution in [-0.4, -0.2) is 54.2 Å². The summed E-state index contributed by atoms with van der Waals surface area (Å²) in [5.74, 6) is -0.261. The molecule has 1 unspecified atom stereocenters. The summed E-state index contributed by atoms with van der Waals surface area (Å²) in [6, 6.07) is 2.05. The molecule has 1 N–H and O–H groups in total. The lowest BCUT2D eigenvalue weighted by atomic mass is 10.1. The van der Waals surface area contributed by atoms with E-state index in [0.29, 0.717) is 11.4 Å². The number of aromatic carboxylic acids is 1. The highest BCUT2D eigenvalue weighted by atomic mass is 16.4. The van der Waals surface area contributed by atoms with Crippen LogP contribution in [0.15, 0.2) is 6.07 Å². The number of carboxylic acid groups (broad SMARTS) is 1. The fraction of sp³-hybridized carbons (Fsp3) is 0.625. The van der Waals surface area contributed by atoms with Crippen LogP contribution >= 0.6 is 0 Å². The number of aryl methyl sites for hydroxylation is 2. The summed E-state index contributed by atoms with van der Waals surface area (Å²) < 4.78 is 0. The first-order valence-corrected chi connectivity index (χ1v) is 7.61. The summed E-state index contributed by atoms with van der Waals surface area (Å²) in [6.07, 6.45) is 2.98. The third-order valence-electron chi connectivity index (χ3n) is 4.04. The molecule has 116 valence electrons. The fourth-order valence-electron chi connectivity index (χ4n) is 3.13. The molecule has 0 saturated carbocycles. The molecular formula is C16H25N3O2. The van der Waals surface area contributed by atoms with Crippen molar-refractivity contribution in [3.8, 4) is 0 Å². The summed E-state index contributed by atoms with van der Waals surface area (Å²) in [7, 11) is 4.05. The molecule has 0 spiro atoms. The second-order valence-corrected chi connectivity index (χ2v) is 6.02. The van der Waals surface area contributed by atoms with Crippen molar-refractivity contribution in [1.29, 1.82) is 0 Å². The van der Waals surface area contributed by atoms with Crippen molar-refractivity contribution in [2.45, 2.75) is 39.2 Å². The molecule has 5 nitrogen and oxygen atoms in total. The van der Waals surface area contributed by atoms with E-state index in [2.05, 4.69) is 16.7 Å². The zero-order valence-corrected chi connectivity index (χ0v) is 13.4. The number of hydrogen-bond acceptors (Lipinski definition) is 4. The van der Waals surface area contributed by atoms with Crippen LogP contribution in [0.5, 0.6) is 0 Å². The van der Waals surface area contributed by atoms with Crippen molar-refractivity contribution < 1.29 is 9.90 Å². The second kappa shape index (κ2) is 6.43. The molecule has 1 aromatic rings. The van der Waals surface area contributed by atoms with Crippen LogP contribution < -0.4 is 4.90 Å². The maximum Gasteiger partial charge on any atom is 0.339 e. The van der Waals surface area contributed by atoms with Gasteiger partial charge in [-0.1, -0.05) is 0 Å². The Morgan fingerprint density at radius 3 is 2.71 bits per heavy atom. The lowest BCUT2D eigenvalue weighted by molar-refractivity contribution is 0.0697. The topological polar surface area (TPSA) is 56.7 Å². The van der Waals surface area contributed by atoms with E-state index in [4.69, 9.17) is 4.98 Å². The molecule has 1 aliphatic carbocycles. The average Bonchev–Trinajstić information content (AvgIpc) is 2.84. The summed E-state index contributed by atoms with van der Waals surface area (Å²) in [4.78, 5) is 20.5. The molecule has 1 aliphatic rings. The maximum absolute atomic E-state index is 11.6. The quantitative estimate of drug-likeness (QED) is 0.869. The SMILES string of the molecule is CCN(c1nc2c(cc1C(=O)O)CCC2)C(C)CN(C)C. The van der Waals surface area contributed by atoms with Crippen LogP contribution in [0.25, 0.3) is 0 Å². The number of rotatable bonds is 6. The van der Waals surface area contributed by atoms with E-state index in [1.807, 2.05) is 27.1 Å². The number of anilines is 1. The van der Waals surface area contributed by atoms with E-state index < -0.39 is 5.97 Å². The number of fused-ring (bicyclic) bond motifs is 1. The Balaban J connectivity index is 2.42. The third-order valence-corrected chi connectivity index (χ3v) is 4.04. The largest absolute Gasteiger partial charge is 0.478 e. The van der Waals surface area contributed by atoms with E-state index in [1.54, 1.807) is 0 Å². The van der Waals surface area contributed by atoms with Gasteiger partial charge in [0.1, 0.15) is 11.4 Å². The zero-order chi connectivity index (χ0) is 15.6. The number of nitrogens with zero attached hydrogens (tertiary/aromatic N) is 3. The van der Waals surface area contributed by atoms with Gasteiger partial charge in [-0.3, -0.25) is 0 Å². The molecule has 0 fully saturated rings. The molecular weight excluding hydrogens is 266 g/mol. The average molecular weight is 291 g/mol. The minimum Gasteiger partial charge on any atom is -0.478 e. The fourth-order valence-corrected chi connectivity index (χ4v) is 3.13. The standard InChI is InChI=1S/C16H25N3O2/c1-5-19(11(2)10-18(3)4)15-13(16(20)21)9-12-7-6-8-14(12)17-15/h9,11H,5-8,10H2,1-4H3,(H,20,21). The predicted octanol–water partition coefficient (Wildman–Crippen LogP) is 2.04. The van der Waals surface area contributed by atoms with Gasteiger partial charge in [0.25, 0.3) is 0 Å². The molecule has 21 heavy (non-hydrogen) atoms. The highest BCUT2D eigenvalue weighted by Crippen LogP contribution is 2.28. The molecule has 0 radical (unpaired) electrons. The van der Waals surface area contributed by atoms with E-state index in [1.165, 1.54) is 0 Å². The molecule has 0 saturated heterocycles. The Bertz CT molecular complexity index is 528. The van der Waals surface area contributed by atoms with Gasteiger partial charge in [0.2, 0.25) is 0 Å². The Kier molecular flexibility index (Phi) is 4.83. The minimum atomic E-state index is -0.886. The number of hydrogen-bond donors (Lipinski definition) is 1. The van der Waals surface area contributed by atoms with Crippen molar-refractivity contribution in [3.05, 3.63) is 22.9 Å². The Labute approximate surface area is 126 Å². The number of likely N-dealkylation sites (N-methyl/N-ethyl adjacent to an activating group) is 2. The molecule has 1 heterocycles. The van der Waals surface area contributed by atoms with Gasteiger partial charge in [-0.15, -0.1) is 0 Å².